The van der Waals surface area contributed by atoms with Crippen LogP contribution in [0.3, 0.4) is 0 Å². The van der Waals surface area contributed by atoms with Crippen LogP contribution in [0.1, 0.15) is 27.3 Å². The molecule has 0 unspecified atom stereocenters. The van der Waals surface area contributed by atoms with Crippen LogP contribution in [0.15, 0.2) is 71.5 Å². The summed E-state index contributed by atoms with van der Waals surface area (Å²) >= 11 is 6.07. The van der Waals surface area contributed by atoms with Crippen molar-refractivity contribution in [3.05, 3.63) is 105 Å². The topological polar surface area (TPSA) is 101 Å². The third-order valence-electron chi connectivity index (χ3n) is 5.13. The molecule has 1 amide bonds. The van der Waals surface area contributed by atoms with Gasteiger partial charge in [-0.25, -0.2) is 9.78 Å². The van der Waals surface area contributed by atoms with Crippen molar-refractivity contribution >= 4 is 40.1 Å². The number of carbonyl (C=O) groups excluding carboxylic acids is 2. The number of ether oxygens (including phenoxy) is 1. The molecule has 1 aromatic heterocycles. The minimum absolute atomic E-state index is 0.221. The highest BCUT2D eigenvalue weighted by Gasteiger charge is 2.16. The summed E-state index contributed by atoms with van der Waals surface area (Å²) in [6.07, 6.45) is 0.221. The van der Waals surface area contributed by atoms with E-state index < -0.39 is 18.5 Å². The Kier molecular flexibility index (Phi) is 6.51. The van der Waals surface area contributed by atoms with Crippen LogP contribution in [0.5, 0.6) is 0 Å². The Bertz CT molecular complexity index is 1410. The van der Waals surface area contributed by atoms with Crippen molar-refractivity contribution in [2.45, 2.75) is 13.3 Å². The van der Waals surface area contributed by atoms with E-state index >= 15 is 0 Å². The SMILES string of the molecule is Cc1c(Cl)cccc1NC(=O)COC(=O)c1ccccc1Cc1nc2ccccc2c(=O)[nH]1. The second-order valence-electron chi connectivity index (χ2n) is 7.40. The van der Waals surface area contributed by atoms with E-state index in [0.29, 0.717) is 38.6 Å². The number of fused-ring (bicyclic) bond motifs is 1. The Balaban J connectivity index is 1.47. The maximum atomic E-state index is 12.7. The van der Waals surface area contributed by atoms with Gasteiger partial charge in [0.2, 0.25) is 0 Å². The van der Waals surface area contributed by atoms with Gasteiger partial charge in [-0.3, -0.25) is 9.59 Å². The van der Waals surface area contributed by atoms with Crippen molar-refractivity contribution in [1.29, 1.82) is 0 Å². The molecule has 2 N–H and O–H groups in total. The Morgan fingerprint density at radius 2 is 1.79 bits per heavy atom. The van der Waals surface area contributed by atoms with Crippen LogP contribution in [0.25, 0.3) is 10.9 Å². The van der Waals surface area contributed by atoms with Crippen molar-refractivity contribution in [3.8, 4) is 0 Å². The standard InChI is InChI=1S/C25H20ClN3O4/c1-15-19(26)10-6-12-20(15)28-23(30)14-33-25(32)17-8-3-2-7-16(17)13-22-27-21-11-5-4-9-18(21)24(31)29-22/h2-12H,13-14H2,1H3,(H,28,30)(H,27,29,31). The molecule has 0 radical (unpaired) electrons. The second-order valence-corrected chi connectivity index (χ2v) is 7.81. The fourth-order valence-corrected chi connectivity index (χ4v) is 3.59. The number of halogens is 1. The first-order valence-corrected chi connectivity index (χ1v) is 10.6. The van der Waals surface area contributed by atoms with Gasteiger partial charge in [-0.15, -0.1) is 0 Å². The largest absolute Gasteiger partial charge is 0.452 e. The van der Waals surface area contributed by atoms with Crippen LogP contribution in [-0.2, 0) is 16.0 Å². The maximum absolute atomic E-state index is 12.7. The molecular weight excluding hydrogens is 442 g/mol. The molecule has 0 aliphatic heterocycles. The van der Waals surface area contributed by atoms with Crippen LogP contribution >= 0.6 is 11.6 Å². The van der Waals surface area contributed by atoms with Gasteiger partial charge >= 0.3 is 5.97 Å². The number of anilines is 1. The highest BCUT2D eigenvalue weighted by Crippen LogP contribution is 2.23. The monoisotopic (exact) mass is 461 g/mol. The molecule has 33 heavy (non-hydrogen) atoms. The molecular formula is C25H20ClN3O4. The van der Waals surface area contributed by atoms with Gasteiger partial charge in [0, 0.05) is 17.1 Å². The Morgan fingerprint density at radius 3 is 2.64 bits per heavy atom. The van der Waals surface area contributed by atoms with E-state index in [1.165, 1.54) is 0 Å². The lowest BCUT2D eigenvalue weighted by atomic mass is 10.0. The molecule has 7 nitrogen and oxygen atoms in total. The quantitative estimate of drug-likeness (QED) is 0.417. The minimum Gasteiger partial charge on any atom is -0.452 e. The summed E-state index contributed by atoms with van der Waals surface area (Å²) in [6, 6.07) is 19.0. The Labute approximate surface area is 194 Å². The molecule has 8 heteroatoms. The molecule has 0 aliphatic carbocycles. The third-order valence-corrected chi connectivity index (χ3v) is 5.54. The third kappa shape index (κ3) is 5.10. The number of benzene rings is 3. The van der Waals surface area contributed by atoms with Crippen molar-refractivity contribution < 1.29 is 14.3 Å². The summed E-state index contributed by atoms with van der Waals surface area (Å²) in [4.78, 5) is 44.6. The summed E-state index contributed by atoms with van der Waals surface area (Å²) in [6.45, 7) is 1.33. The summed E-state index contributed by atoms with van der Waals surface area (Å²) in [5.74, 6) is -0.702. The van der Waals surface area contributed by atoms with Gasteiger partial charge in [0.15, 0.2) is 6.61 Å². The highest BCUT2D eigenvalue weighted by atomic mass is 35.5. The number of esters is 1. The number of rotatable bonds is 6. The number of aromatic amines is 1. The van der Waals surface area contributed by atoms with Gasteiger partial charge in [-0.1, -0.05) is 48.0 Å². The average Bonchev–Trinajstić information content (AvgIpc) is 2.81. The van der Waals surface area contributed by atoms with E-state index in [1.807, 2.05) is 0 Å². The lowest BCUT2D eigenvalue weighted by molar-refractivity contribution is -0.119. The first-order valence-electron chi connectivity index (χ1n) is 10.2. The number of aromatic nitrogens is 2. The molecule has 166 valence electrons. The number of H-pyrrole nitrogens is 1. The van der Waals surface area contributed by atoms with Gasteiger partial charge in [0.05, 0.1) is 16.5 Å². The van der Waals surface area contributed by atoms with Crippen molar-refractivity contribution in [2.75, 3.05) is 11.9 Å². The molecule has 4 rings (SSSR count). The highest BCUT2D eigenvalue weighted by molar-refractivity contribution is 6.31. The van der Waals surface area contributed by atoms with Gasteiger partial charge in [-0.2, -0.15) is 0 Å². The normalized spacial score (nSPS) is 10.7. The molecule has 0 spiro atoms. The molecule has 3 aromatic carbocycles. The lowest BCUT2D eigenvalue weighted by Crippen LogP contribution is -2.22. The summed E-state index contributed by atoms with van der Waals surface area (Å²) in [5.41, 5.74) is 2.51. The predicted molar refractivity (Wildman–Crippen MR) is 127 cm³/mol. The predicted octanol–water partition coefficient (Wildman–Crippen LogP) is 4.27. The molecule has 4 aromatic rings. The Hall–Kier alpha value is -3.97. The first-order chi connectivity index (χ1) is 15.9. The maximum Gasteiger partial charge on any atom is 0.338 e. The van der Waals surface area contributed by atoms with Gasteiger partial charge < -0.3 is 15.0 Å². The van der Waals surface area contributed by atoms with Crippen molar-refractivity contribution in [2.24, 2.45) is 0 Å². The number of amides is 1. The summed E-state index contributed by atoms with van der Waals surface area (Å²) in [7, 11) is 0. The molecule has 1 heterocycles. The van der Waals surface area contributed by atoms with E-state index in [-0.39, 0.29) is 12.0 Å². The summed E-state index contributed by atoms with van der Waals surface area (Å²) < 4.78 is 5.23. The average molecular weight is 462 g/mol. The number of carbonyl (C=O) groups is 2. The van der Waals surface area contributed by atoms with Crippen molar-refractivity contribution in [1.82, 2.24) is 9.97 Å². The van der Waals surface area contributed by atoms with E-state index in [2.05, 4.69) is 15.3 Å². The second kappa shape index (κ2) is 9.67. The molecule has 0 fully saturated rings. The molecule has 0 saturated heterocycles. The van der Waals surface area contributed by atoms with Crippen LogP contribution < -0.4 is 10.9 Å². The lowest BCUT2D eigenvalue weighted by Gasteiger charge is -2.11. The van der Waals surface area contributed by atoms with Gasteiger partial charge in [-0.05, 0) is 48.4 Å². The smallest absolute Gasteiger partial charge is 0.338 e. The zero-order valence-electron chi connectivity index (χ0n) is 17.7. The minimum atomic E-state index is -0.647. The number of hydrogen-bond acceptors (Lipinski definition) is 5. The van der Waals surface area contributed by atoms with E-state index in [0.717, 1.165) is 5.56 Å². The first kappa shape index (κ1) is 22.2. The zero-order valence-corrected chi connectivity index (χ0v) is 18.5. The van der Waals surface area contributed by atoms with E-state index in [4.69, 9.17) is 16.3 Å². The van der Waals surface area contributed by atoms with Crippen LogP contribution in [0.4, 0.5) is 5.69 Å². The number of nitrogens with zero attached hydrogens (tertiary/aromatic N) is 1. The molecule has 0 saturated carbocycles. The van der Waals surface area contributed by atoms with Crippen LogP contribution in [-0.4, -0.2) is 28.5 Å². The number of para-hydroxylation sites is 1. The summed E-state index contributed by atoms with van der Waals surface area (Å²) in [5, 5.41) is 3.71. The van der Waals surface area contributed by atoms with E-state index in [9.17, 15) is 14.4 Å². The number of hydrogen-bond donors (Lipinski definition) is 2. The molecule has 0 atom stereocenters. The van der Waals surface area contributed by atoms with Gasteiger partial charge in [0.25, 0.3) is 11.5 Å². The van der Waals surface area contributed by atoms with E-state index in [1.54, 1.807) is 73.7 Å². The molecule has 0 bridgehead atoms. The van der Waals surface area contributed by atoms with Crippen molar-refractivity contribution in [3.63, 3.8) is 0 Å². The Morgan fingerprint density at radius 1 is 1.03 bits per heavy atom. The van der Waals surface area contributed by atoms with Gasteiger partial charge in [0.1, 0.15) is 5.82 Å². The fourth-order valence-electron chi connectivity index (χ4n) is 3.41. The molecule has 0 aliphatic rings. The zero-order chi connectivity index (χ0) is 23.4. The van der Waals surface area contributed by atoms with Crippen LogP contribution in [0, 0.1) is 6.92 Å². The fraction of sp³-hybridized carbons (Fsp3) is 0.120. The van der Waals surface area contributed by atoms with Crippen LogP contribution in [0.2, 0.25) is 5.02 Å². The number of nitrogens with one attached hydrogen (secondary N) is 2.